The first kappa shape index (κ1) is 20.7. The van der Waals surface area contributed by atoms with Crippen LogP contribution in [0.2, 0.25) is 0 Å². The molecule has 30 heavy (non-hydrogen) atoms. The maximum atomic E-state index is 12.6. The van der Waals surface area contributed by atoms with Crippen molar-refractivity contribution in [3.8, 4) is 11.3 Å². The van der Waals surface area contributed by atoms with Crippen LogP contribution in [0.25, 0.3) is 11.3 Å². The minimum Gasteiger partial charge on any atom is -0.355 e. The number of thioether (sulfide) groups is 1. The molecule has 0 aliphatic carbocycles. The summed E-state index contributed by atoms with van der Waals surface area (Å²) in [5, 5.41) is 20.5. The molecule has 1 aliphatic rings. The van der Waals surface area contributed by atoms with Crippen LogP contribution in [0.1, 0.15) is 25.3 Å². The molecule has 9 heteroatoms. The van der Waals surface area contributed by atoms with Crippen LogP contribution in [0.4, 0.5) is 10.9 Å². The SMILES string of the molecule is CCSc1nnc(NC(=O)C2CCN(c3ccc(-c4ccccc4C)nn3)CC2)s1. The first-order valence-corrected chi connectivity index (χ1v) is 11.9. The molecular weight excluding hydrogens is 416 g/mol. The summed E-state index contributed by atoms with van der Waals surface area (Å²) in [6.45, 7) is 5.71. The Labute approximate surface area is 184 Å². The van der Waals surface area contributed by atoms with Crippen LogP contribution in [0, 0.1) is 12.8 Å². The van der Waals surface area contributed by atoms with E-state index in [1.807, 2.05) is 24.3 Å². The molecule has 1 aromatic carbocycles. The van der Waals surface area contributed by atoms with E-state index in [0.717, 1.165) is 53.1 Å². The summed E-state index contributed by atoms with van der Waals surface area (Å²) in [5.74, 6) is 1.80. The Morgan fingerprint density at radius 2 is 1.93 bits per heavy atom. The average Bonchev–Trinajstić information content (AvgIpc) is 3.21. The summed E-state index contributed by atoms with van der Waals surface area (Å²) in [6, 6.07) is 12.2. The van der Waals surface area contributed by atoms with Gasteiger partial charge in [0, 0.05) is 24.6 Å². The van der Waals surface area contributed by atoms with E-state index in [4.69, 9.17) is 0 Å². The van der Waals surface area contributed by atoms with E-state index in [1.54, 1.807) is 11.8 Å². The van der Waals surface area contributed by atoms with Crippen LogP contribution in [-0.4, -0.2) is 45.1 Å². The lowest BCUT2D eigenvalue weighted by Gasteiger charge is -2.31. The number of benzene rings is 1. The van der Waals surface area contributed by atoms with Crippen molar-refractivity contribution >= 4 is 40.0 Å². The third kappa shape index (κ3) is 4.79. The smallest absolute Gasteiger partial charge is 0.229 e. The van der Waals surface area contributed by atoms with Gasteiger partial charge in [0.25, 0.3) is 0 Å². The Hall–Kier alpha value is -2.52. The van der Waals surface area contributed by atoms with E-state index in [-0.39, 0.29) is 11.8 Å². The van der Waals surface area contributed by atoms with Crippen molar-refractivity contribution in [1.29, 1.82) is 0 Å². The summed E-state index contributed by atoms with van der Waals surface area (Å²) in [4.78, 5) is 14.8. The number of hydrogen-bond acceptors (Lipinski definition) is 8. The number of anilines is 2. The van der Waals surface area contributed by atoms with Crippen LogP contribution in [0.15, 0.2) is 40.7 Å². The van der Waals surface area contributed by atoms with Gasteiger partial charge in [0.2, 0.25) is 11.0 Å². The fourth-order valence-corrected chi connectivity index (χ4v) is 5.17. The average molecular weight is 441 g/mol. The number of carbonyl (C=O) groups is 1. The monoisotopic (exact) mass is 440 g/mol. The topological polar surface area (TPSA) is 83.9 Å². The van der Waals surface area contributed by atoms with Gasteiger partial charge in [-0.2, -0.15) is 0 Å². The van der Waals surface area contributed by atoms with Gasteiger partial charge in [0.1, 0.15) is 0 Å². The minimum absolute atomic E-state index is 0.0216. The maximum absolute atomic E-state index is 12.6. The van der Waals surface area contributed by atoms with E-state index in [2.05, 4.69) is 56.6 Å². The minimum atomic E-state index is -0.0216. The third-order valence-corrected chi connectivity index (χ3v) is 7.02. The van der Waals surface area contributed by atoms with Crippen LogP contribution >= 0.6 is 23.1 Å². The quantitative estimate of drug-likeness (QED) is 0.453. The molecule has 156 valence electrons. The van der Waals surface area contributed by atoms with Crippen LogP contribution in [-0.2, 0) is 4.79 Å². The van der Waals surface area contributed by atoms with Gasteiger partial charge < -0.3 is 10.2 Å². The molecule has 1 N–H and O–H groups in total. The first-order chi connectivity index (χ1) is 14.6. The van der Waals surface area contributed by atoms with Crippen molar-refractivity contribution in [2.24, 2.45) is 5.92 Å². The summed E-state index contributed by atoms with van der Waals surface area (Å²) in [6.07, 6.45) is 1.56. The van der Waals surface area contributed by atoms with Gasteiger partial charge >= 0.3 is 0 Å². The van der Waals surface area contributed by atoms with Gasteiger partial charge in [-0.1, -0.05) is 54.3 Å². The number of aryl methyl sites for hydroxylation is 1. The fraction of sp³-hybridized carbons (Fsp3) is 0.381. The largest absolute Gasteiger partial charge is 0.355 e. The van der Waals surface area contributed by atoms with E-state index >= 15 is 0 Å². The van der Waals surface area contributed by atoms with Gasteiger partial charge in [0.15, 0.2) is 10.2 Å². The highest BCUT2D eigenvalue weighted by Gasteiger charge is 2.26. The van der Waals surface area contributed by atoms with E-state index in [0.29, 0.717) is 5.13 Å². The zero-order valence-electron chi connectivity index (χ0n) is 17.0. The van der Waals surface area contributed by atoms with Crippen molar-refractivity contribution in [2.45, 2.75) is 31.0 Å². The number of nitrogens with one attached hydrogen (secondary N) is 1. The van der Waals surface area contributed by atoms with Gasteiger partial charge in [-0.25, -0.2) is 0 Å². The van der Waals surface area contributed by atoms with E-state index < -0.39 is 0 Å². The second-order valence-electron chi connectivity index (χ2n) is 7.15. The molecule has 4 rings (SSSR count). The molecule has 1 amide bonds. The number of rotatable bonds is 6. The lowest BCUT2D eigenvalue weighted by atomic mass is 9.96. The van der Waals surface area contributed by atoms with Crippen LogP contribution in [0.5, 0.6) is 0 Å². The third-order valence-electron chi connectivity index (χ3n) is 5.17. The predicted molar refractivity (Wildman–Crippen MR) is 122 cm³/mol. The van der Waals surface area contributed by atoms with Gasteiger partial charge in [-0.15, -0.1) is 20.4 Å². The zero-order valence-corrected chi connectivity index (χ0v) is 18.7. The summed E-state index contributed by atoms with van der Waals surface area (Å²) < 4.78 is 0.885. The molecule has 2 aromatic heterocycles. The second-order valence-corrected chi connectivity index (χ2v) is 9.64. The molecule has 7 nitrogen and oxygen atoms in total. The van der Waals surface area contributed by atoms with Gasteiger partial charge in [-0.3, -0.25) is 4.79 Å². The first-order valence-electron chi connectivity index (χ1n) is 10.1. The van der Waals surface area contributed by atoms with Crippen LogP contribution in [0.3, 0.4) is 0 Å². The van der Waals surface area contributed by atoms with Crippen molar-refractivity contribution in [2.75, 3.05) is 29.1 Å². The molecule has 0 bridgehead atoms. The van der Waals surface area contributed by atoms with E-state index in [9.17, 15) is 4.79 Å². The van der Waals surface area contributed by atoms with Crippen molar-refractivity contribution in [3.63, 3.8) is 0 Å². The molecule has 3 aromatic rings. The fourth-order valence-electron chi connectivity index (χ4n) is 3.52. The Bertz CT molecular complexity index is 999. The van der Waals surface area contributed by atoms with Crippen molar-refractivity contribution in [1.82, 2.24) is 20.4 Å². The van der Waals surface area contributed by atoms with Crippen LogP contribution < -0.4 is 10.2 Å². The normalized spacial score (nSPS) is 14.7. The van der Waals surface area contributed by atoms with Gasteiger partial charge in [-0.05, 0) is 43.2 Å². The second kappa shape index (κ2) is 9.53. The number of piperidine rings is 1. The highest BCUT2D eigenvalue weighted by molar-refractivity contribution is 8.01. The lowest BCUT2D eigenvalue weighted by Crippen LogP contribution is -2.38. The number of nitrogens with zero attached hydrogens (tertiary/aromatic N) is 5. The lowest BCUT2D eigenvalue weighted by molar-refractivity contribution is -0.120. The predicted octanol–water partition coefficient (Wildman–Crippen LogP) is 4.27. The van der Waals surface area contributed by atoms with E-state index in [1.165, 1.54) is 16.9 Å². The number of hydrogen-bond donors (Lipinski definition) is 1. The van der Waals surface area contributed by atoms with Crippen molar-refractivity contribution in [3.05, 3.63) is 42.0 Å². The van der Waals surface area contributed by atoms with Crippen molar-refractivity contribution < 1.29 is 4.79 Å². The Kier molecular flexibility index (Phi) is 6.59. The maximum Gasteiger partial charge on any atom is 0.229 e. The standard InChI is InChI=1S/C21H24N6OS2/c1-3-29-21-26-25-20(30-21)22-19(28)15-10-12-27(13-11-15)18-9-8-17(23-24-18)16-7-5-4-6-14(16)2/h4-9,15H,3,10-13H2,1-2H3,(H,22,25,28). The highest BCUT2D eigenvalue weighted by Crippen LogP contribution is 2.28. The Balaban J connectivity index is 1.32. The molecule has 0 saturated carbocycles. The summed E-state index contributed by atoms with van der Waals surface area (Å²) in [5.41, 5.74) is 3.16. The number of aromatic nitrogens is 4. The molecule has 1 aliphatic heterocycles. The Morgan fingerprint density at radius 3 is 2.63 bits per heavy atom. The molecular formula is C21H24N6OS2. The zero-order chi connectivity index (χ0) is 20.9. The molecule has 1 fully saturated rings. The molecule has 0 unspecified atom stereocenters. The number of amides is 1. The molecule has 3 heterocycles. The van der Waals surface area contributed by atoms with Gasteiger partial charge in [0.05, 0.1) is 5.69 Å². The molecule has 1 saturated heterocycles. The molecule has 0 radical (unpaired) electrons. The highest BCUT2D eigenvalue weighted by atomic mass is 32.2. The summed E-state index contributed by atoms with van der Waals surface area (Å²) in [7, 11) is 0. The molecule has 0 atom stereocenters. The number of carbonyl (C=O) groups excluding carboxylic acids is 1. The Morgan fingerprint density at radius 1 is 1.13 bits per heavy atom. The molecule has 0 spiro atoms. The summed E-state index contributed by atoms with van der Waals surface area (Å²) >= 11 is 3.06.